The molecule has 2 aliphatic heterocycles. The summed E-state index contributed by atoms with van der Waals surface area (Å²) in [5.41, 5.74) is 6.91. The number of carbonyl (C=O) groups excluding carboxylic acids is 2. The van der Waals surface area contributed by atoms with Gasteiger partial charge in [0.2, 0.25) is 0 Å². The monoisotopic (exact) mass is 557 g/mol. The average Bonchev–Trinajstić information content (AvgIpc) is 3.16. The van der Waals surface area contributed by atoms with E-state index in [4.69, 9.17) is 43.1 Å². The first-order valence-electron chi connectivity index (χ1n) is 10.8. The van der Waals surface area contributed by atoms with Crippen molar-refractivity contribution in [3.8, 4) is 0 Å². The van der Waals surface area contributed by atoms with Crippen molar-refractivity contribution >= 4 is 63.7 Å². The Balaban J connectivity index is 1.92. The molecule has 2 heterocycles. The second-order valence-corrected chi connectivity index (χ2v) is 9.19. The largest absolute Gasteiger partial charge is 0.468 e. The Hall–Kier alpha value is -2.80. The van der Waals surface area contributed by atoms with E-state index in [1.807, 2.05) is 0 Å². The van der Waals surface area contributed by atoms with Crippen molar-refractivity contribution < 1.29 is 28.0 Å². The van der Waals surface area contributed by atoms with E-state index < -0.39 is 34.9 Å². The number of nitrogens with two attached hydrogens (primary N) is 1. The van der Waals surface area contributed by atoms with Crippen LogP contribution in [-0.2, 0) is 35.0 Å². The number of aliphatic imine (C=N–C) groups is 1. The Morgan fingerprint density at radius 2 is 2.00 bits per heavy atom. The molecule has 14 heteroatoms. The van der Waals surface area contributed by atoms with E-state index in [0.29, 0.717) is 11.3 Å². The number of methoxy groups -OCH3 is 1. The molecule has 11 nitrogen and oxygen atoms in total. The van der Waals surface area contributed by atoms with E-state index in [1.54, 1.807) is 32.0 Å². The molecule has 1 aromatic rings. The lowest BCUT2D eigenvalue weighted by Gasteiger charge is -2.32. The first-order valence-corrected chi connectivity index (χ1v) is 12.6. The molecule has 0 fully saturated rings. The standard InChI is InChI=1S/C22H25Cl2N5O6S/c1-4-35-22(31)17-14(10-34-9-8-26-20-19(25)28-36(32)29-20)27-11(2)15(21(30)33-3)16(17)12-6-5-7-13(23)18(12)24/h5-7,15-16H,4,8-10H2,1-3H3,(H2,25,28)(H,26,29). The molecule has 0 aliphatic carbocycles. The lowest BCUT2D eigenvalue weighted by molar-refractivity contribution is -0.144. The summed E-state index contributed by atoms with van der Waals surface area (Å²) in [5, 5.41) is 3.35. The van der Waals surface area contributed by atoms with Crippen LogP contribution in [0, 0.1) is 5.92 Å². The zero-order chi connectivity index (χ0) is 26.4. The second kappa shape index (κ2) is 12.4. The molecular weight excluding hydrogens is 533 g/mol. The fourth-order valence-electron chi connectivity index (χ4n) is 3.83. The van der Waals surface area contributed by atoms with Crippen molar-refractivity contribution in [2.45, 2.75) is 19.8 Å². The van der Waals surface area contributed by atoms with Crippen LogP contribution in [0.5, 0.6) is 0 Å². The molecule has 3 rings (SSSR count). The van der Waals surface area contributed by atoms with Crippen molar-refractivity contribution in [2.24, 2.45) is 25.4 Å². The molecule has 194 valence electrons. The van der Waals surface area contributed by atoms with Crippen LogP contribution in [0.2, 0.25) is 10.0 Å². The molecule has 2 aliphatic rings. The molecule has 0 saturated carbocycles. The van der Waals surface area contributed by atoms with Gasteiger partial charge in [0.1, 0.15) is 5.92 Å². The van der Waals surface area contributed by atoms with E-state index in [-0.39, 0.29) is 59.4 Å². The second-order valence-electron chi connectivity index (χ2n) is 7.58. The Kier molecular flexibility index (Phi) is 9.60. The predicted octanol–water partition coefficient (Wildman–Crippen LogP) is 2.11. The first kappa shape index (κ1) is 27.8. The Bertz CT molecular complexity index is 1200. The number of halogens is 2. The van der Waals surface area contributed by atoms with E-state index in [9.17, 15) is 13.8 Å². The third-order valence-electron chi connectivity index (χ3n) is 5.35. The zero-order valence-electron chi connectivity index (χ0n) is 19.7. The van der Waals surface area contributed by atoms with Crippen molar-refractivity contribution in [1.29, 1.82) is 0 Å². The van der Waals surface area contributed by atoms with Gasteiger partial charge in [0.05, 0.1) is 48.2 Å². The van der Waals surface area contributed by atoms with Gasteiger partial charge in [0, 0.05) is 18.2 Å². The van der Waals surface area contributed by atoms with E-state index in [1.165, 1.54) is 7.11 Å². The lowest BCUT2D eigenvalue weighted by atomic mass is 9.75. The maximum atomic E-state index is 13.2. The maximum absolute atomic E-state index is 13.2. The molecule has 0 amide bonds. The summed E-state index contributed by atoms with van der Waals surface area (Å²) in [6.07, 6.45) is 0. The first-order chi connectivity index (χ1) is 17.2. The molecule has 0 radical (unpaired) electrons. The molecule has 3 N–H and O–H groups in total. The van der Waals surface area contributed by atoms with Gasteiger partial charge < -0.3 is 25.3 Å². The third-order valence-corrected chi connectivity index (χ3v) is 6.87. The highest BCUT2D eigenvalue weighted by Crippen LogP contribution is 2.44. The van der Waals surface area contributed by atoms with Crippen LogP contribution in [-0.4, -0.2) is 67.0 Å². The minimum Gasteiger partial charge on any atom is -0.468 e. The number of hydrogen-bond acceptors (Lipinski definition) is 9. The van der Waals surface area contributed by atoms with Gasteiger partial charge in [-0.2, -0.15) is 0 Å². The van der Waals surface area contributed by atoms with E-state index >= 15 is 0 Å². The van der Waals surface area contributed by atoms with Gasteiger partial charge in [-0.1, -0.05) is 35.3 Å². The summed E-state index contributed by atoms with van der Waals surface area (Å²) in [7, 11) is 1.26. The Morgan fingerprint density at radius 1 is 1.25 bits per heavy atom. The summed E-state index contributed by atoms with van der Waals surface area (Å²) in [6, 6.07) is 4.97. The van der Waals surface area contributed by atoms with Gasteiger partial charge in [-0.25, -0.2) is 9.00 Å². The number of carbonyl (C=O) groups is 2. The lowest BCUT2D eigenvalue weighted by Crippen LogP contribution is -2.37. The van der Waals surface area contributed by atoms with Crippen molar-refractivity contribution in [3.63, 3.8) is 0 Å². The quantitative estimate of drug-likeness (QED) is 0.345. The third kappa shape index (κ3) is 6.12. The van der Waals surface area contributed by atoms with Crippen LogP contribution in [0.25, 0.3) is 0 Å². The van der Waals surface area contributed by atoms with Crippen molar-refractivity contribution in [1.82, 2.24) is 5.32 Å². The van der Waals surface area contributed by atoms with Crippen molar-refractivity contribution in [2.75, 3.05) is 33.5 Å². The highest BCUT2D eigenvalue weighted by atomic mass is 35.5. The normalized spacial score (nSPS) is 21.5. The fourth-order valence-corrected chi connectivity index (χ4v) is 4.86. The number of esters is 2. The number of rotatable bonds is 9. The van der Waals surface area contributed by atoms with E-state index in [2.05, 4.69) is 19.1 Å². The maximum Gasteiger partial charge on any atom is 0.336 e. The number of ether oxygens (including phenoxy) is 3. The van der Waals surface area contributed by atoms with Crippen LogP contribution in [0.1, 0.15) is 25.3 Å². The minimum absolute atomic E-state index is 0.0447. The van der Waals surface area contributed by atoms with Gasteiger partial charge in [-0.15, -0.1) is 8.80 Å². The van der Waals surface area contributed by atoms with Gasteiger partial charge >= 0.3 is 11.9 Å². The van der Waals surface area contributed by atoms with Gasteiger partial charge in [0.25, 0.3) is 11.2 Å². The number of nitrogens with zero attached hydrogens (tertiary/aromatic N) is 3. The summed E-state index contributed by atoms with van der Waals surface area (Å²) in [4.78, 5) is 30.5. The van der Waals surface area contributed by atoms with Crippen LogP contribution < -0.4 is 11.1 Å². The highest BCUT2D eigenvalue weighted by molar-refractivity contribution is 7.83. The molecule has 36 heavy (non-hydrogen) atoms. The van der Waals surface area contributed by atoms with Crippen LogP contribution >= 0.6 is 23.2 Å². The number of amidine groups is 2. The molecule has 1 aromatic carbocycles. The van der Waals surface area contributed by atoms with Gasteiger partial charge in [-0.3, -0.25) is 9.79 Å². The molecule has 0 spiro atoms. The SMILES string of the molecule is CCOC(=O)C1=C(COCCNC2=NS(=O)N=C2N)N=C(C)C(C(=O)OC)C1c1cccc(Cl)c1Cl. The van der Waals surface area contributed by atoms with Crippen molar-refractivity contribution in [3.05, 3.63) is 45.1 Å². The summed E-state index contributed by atoms with van der Waals surface area (Å²) in [6.45, 7) is 3.80. The van der Waals surface area contributed by atoms with E-state index in [0.717, 1.165) is 0 Å². The predicted molar refractivity (Wildman–Crippen MR) is 137 cm³/mol. The summed E-state index contributed by atoms with van der Waals surface area (Å²) in [5.74, 6) is -2.78. The minimum atomic E-state index is -1.73. The van der Waals surface area contributed by atoms with Gasteiger partial charge in [-0.05, 0) is 25.5 Å². The number of nitrogens with one attached hydrogen (secondary N) is 1. The average molecular weight is 558 g/mol. The molecule has 3 atom stereocenters. The molecule has 3 unspecified atom stereocenters. The van der Waals surface area contributed by atoms with Gasteiger partial charge in [0.15, 0.2) is 11.7 Å². The molecular formula is C22H25Cl2N5O6S. The zero-order valence-corrected chi connectivity index (χ0v) is 22.1. The smallest absolute Gasteiger partial charge is 0.336 e. The highest BCUT2D eigenvalue weighted by Gasteiger charge is 2.44. The molecule has 0 saturated heterocycles. The molecule has 0 aromatic heterocycles. The Morgan fingerprint density at radius 3 is 2.64 bits per heavy atom. The summed E-state index contributed by atoms with van der Waals surface area (Å²) < 4.78 is 34.7. The topological polar surface area (TPSA) is 154 Å². The molecule has 0 bridgehead atoms. The summed E-state index contributed by atoms with van der Waals surface area (Å²) >= 11 is 11.0. The van der Waals surface area contributed by atoms with Crippen LogP contribution in [0.15, 0.2) is 43.3 Å². The Labute approximate surface area is 220 Å². The van der Waals surface area contributed by atoms with Crippen LogP contribution in [0.3, 0.4) is 0 Å². The number of benzene rings is 1. The fraction of sp³-hybridized carbons (Fsp3) is 0.409. The van der Waals surface area contributed by atoms with Crippen LogP contribution in [0.4, 0.5) is 0 Å². The number of hydrogen-bond donors (Lipinski definition) is 2.